The number of carbonyl (C=O) groups is 2. The zero-order chi connectivity index (χ0) is 17.4. The molecule has 24 heavy (non-hydrogen) atoms. The van der Waals surface area contributed by atoms with Crippen molar-refractivity contribution >= 4 is 38.6 Å². The number of hydrogen-bond donors (Lipinski definition) is 2. The molecule has 2 aromatic carbocycles. The Labute approximate surface area is 148 Å². The highest BCUT2D eigenvalue weighted by molar-refractivity contribution is 9.10. The average molecular weight is 395 g/mol. The average Bonchev–Trinajstić information content (AvgIpc) is 2.57. The number of hydrogen-bond acceptors (Lipinski definition) is 4. The summed E-state index contributed by atoms with van der Waals surface area (Å²) in [5.74, 6) is 0.0654. The molecule has 2 aromatic rings. The van der Waals surface area contributed by atoms with Crippen molar-refractivity contribution in [2.24, 2.45) is 0 Å². The molecule has 0 radical (unpaired) electrons. The van der Waals surface area contributed by atoms with E-state index < -0.39 is 11.9 Å². The Kier molecular flexibility index (Phi) is 7.02. The molecule has 0 aromatic heterocycles. The first-order chi connectivity index (χ1) is 11.6. The molecule has 0 aliphatic carbocycles. The van der Waals surface area contributed by atoms with Crippen LogP contribution in [0, 0.1) is 0 Å². The van der Waals surface area contributed by atoms with Gasteiger partial charge in [0.1, 0.15) is 5.75 Å². The number of rotatable bonds is 7. The summed E-state index contributed by atoms with van der Waals surface area (Å²) in [7, 11) is 1.59. The summed E-state index contributed by atoms with van der Waals surface area (Å²) in [6.45, 7) is 0.761. The molecule has 0 spiro atoms. The number of ether oxygens (including phenoxy) is 2. The Morgan fingerprint density at radius 1 is 1.12 bits per heavy atom. The van der Waals surface area contributed by atoms with Crippen molar-refractivity contribution in [3.05, 3.63) is 40.9 Å². The molecule has 7 heteroatoms. The fourth-order valence-electron chi connectivity index (χ4n) is 2.06. The summed E-state index contributed by atoms with van der Waals surface area (Å²) in [5.41, 5.74) is 0. The molecule has 0 heterocycles. The second-order valence-electron chi connectivity index (χ2n) is 5.09. The zero-order valence-corrected chi connectivity index (χ0v) is 14.9. The first-order valence-corrected chi connectivity index (χ1v) is 8.26. The molecule has 128 valence electrons. The van der Waals surface area contributed by atoms with Crippen LogP contribution in [0.3, 0.4) is 0 Å². The Balaban J connectivity index is 1.79. The second kappa shape index (κ2) is 9.24. The maximum absolute atomic E-state index is 11.7. The molecule has 0 atom stereocenters. The third-order valence-electron chi connectivity index (χ3n) is 3.21. The summed E-state index contributed by atoms with van der Waals surface area (Å²) in [4.78, 5) is 23.2. The van der Waals surface area contributed by atoms with E-state index in [1.54, 1.807) is 13.2 Å². The van der Waals surface area contributed by atoms with Gasteiger partial charge in [0.25, 0.3) is 5.91 Å². The molecular weight excluding hydrogens is 376 g/mol. The number of carbonyl (C=O) groups excluding carboxylic acids is 2. The van der Waals surface area contributed by atoms with Crippen molar-refractivity contribution in [3.8, 4) is 5.75 Å². The van der Waals surface area contributed by atoms with Crippen molar-refractivity contribution in [1.82, 2.24) is 10.6 Å². The van der Waals surface area contributed by atoms with E-state index in [0.717, 1.165) is 15.2 Å². The van der Waals surface area contributed by atoms with Gasteiger partial charge in [0.05, 0.1) is 0 Å². The van der Waals surface area contributed by atoms with Crippen molar-refractivity contribution in [2.75, 3.05) is 26.9 Å². The first kappa shape index (κ1) is 18.2. The molecule has 0 saturated heterocycles. The fourth-order valence-corrected chi connectivity index (χ4v) is 2.44. The molecule has 0 aliphatic heterocycles. The van der Waals surface area contributed by atoms with E-state index in [-0.39, 0.29) is 6.61 Å². The Hall–Kier alpha value is -2.12. The lowest BCUT2D eigenvalue weighted by Crippen LogP contribution is -2.42. The molecule has 2 rings (SSSR count). The third kappa shape index (κ3) is 5.82. The monoisotopic (exact) mass is 394 g/mol. The number of fused-ring (bicyclic) bond motifs is 1. The third-order valence-corrected chi connectivity index (χ3v) is 3.70. The Bertz CT molecular complexity index is 721. The summed E-state index contributed by atoms with van der Waals surface area (Å²) in [6.07, 6.45) is 0.682. The van der Waals surface area contributed by atoms with Crippen LogP contribution in [-0.4, -0.2) is 38.8 Å². The molecule has 0 fully saturated rings. The lowest BCUT2D eigenvalue weighted by atomic mass is 10.1. The molecule has 0 bridgehead atoms. The normalized spacial score (nSPS) is 10.4. The van der Waals surface area contributed by atoms with Gasteiger partial charge in [-0.25, -0.2) is 4.79 Å². The van der Waals surface area contributed by atoms with Gasteiger partial charge in [0.2, 0.25) is 0 Å². The number of imide groups is 1. The van der Waals surface area contributed by atoms with E-state index in [9.17, 15) is 9.59 Å². The predicted molar refractivity (Wildman–Crippen MR) is 95.2 cm³/mol. The predicted octanol–water partition coefficient (Wildman–Crippen LogP) is 2.84. The summed E-state index contributed by atoms with van der Waals surface area (Å²) >= 11 is 3.42. The van der Waals surface area contributed by atoms with Crippen LogP contribution in [0.4, 0.5) is 4.79 Å². The minimum Gasteiger partial charge on any atom is -0.484 e. The van der Waals surface area contributed by atoms with Crippen molar-refractivity contribution in [2.45, 2.75) is 6.42 Å². The van der Waals surface area contributed by atoms with E-state index in [4.69, 9.17) is 9.47 Å². The SMILES string of the molecule is COCCCNC(=O)NC(=O)COc1ccc2cc(Br)ccc2c1. The second-order valence-corrected chi connectivity index (χ2v) is 6.01. The van der Waals surface area contributed by atoms with Crippen LogP contribution in [0.15, 0.2) is 40.9 Å². The number of urea groups is 1. The molecule has 3 amide bonds. The largest absolute Gasteiger partial charge is 0.484 e. The first-order valence-electron chi connectivity index (χ1n) is 7.47. The number of halogens is 1. The quantitative estimate of drug-likeness (QED) is 0.707. The minimum absolute atomic E-state index is 0.229. The number of amides is 3. The van der Waals surface area contributed by atoms with E-state index in [1.165, 1.54) is 0 Å². The maximum atomic E-state index is 11.7. The number of benzene rings is 2. The van der Waals surface area contributed by atoms with Gasteiger partial charge in [0, 0.05) is 24.7 Å². The van der Waals surface area contributed by atoms with E-state index in [1.807, 2.05) is 30.3 Å². The fraction of sp³-hybridized carbons (Fsp3) is 0.294. The van der Waals surface area contributed by atoms with Gasteiger partial charge in [-0.1, -0.05) is 28.1 Å². The van der Waals surface area contributed by atoms with Crippen molar-refractivity contribution < 1.29 is 19.1 Å². The smallest absolute Gasteiger partial charge is 0.321 e. The van der Waals surface area contributed by atoms with E-state index in [0.29, 0.717) is 25.3 Å². The lowest BCUT2D eigenvalue weighted by molar-refractivity contribution is -0.122. The van der Waals surface area contributed by atoms with Crippen LogP contribution in [-0.2, 0) is 9.53 Å². The van der Waals surface area contributed by atoms with Crippen LogP contribution >= 0.6 is 15.9 Å². The van der Waals surface area contributed by atoms with Crippen LogP contribution in [0.2, 0.25) is 0 Å². The standard InChI is InChI=1S/C17H19BrN2O4/c1-23-8-2-7-19-17(22)20-16(21)11-24-15-6-4-12-9-14(18)5-3-13(12)10-15/h3-6,9-10H,2,7-8,11H2,1H3,(H2,19,20,21,22). The number of methoxy groups -OCH3 is 1. The minimum atomic E-state index is -0.539. The highest BCUT2D eigenvalue weighted by Crippen LogP contribution is 2.24. The van der Waals surface area contributed by atoms with Gasteiger partial charge < -0.3 is 14.8 Å². The van der Waals surface area contributed by atoms with Gasteiger partial charge in [-0.2, -0.15) is 0 Å². The Morgan fingerprint density at radius 2 is 1.88 bits per heavy atom. The van der Waals surface area contributed by atoms with Crippen LogP contribution in [0.5, 0.6) is 5.75 Å². The molecule has 0 saturated carbocycles. The maximum Gasteiger partial charge on any atom is 0.321 e. The Morgan fingerprint density at radius 3 is 2.67 bits per heavy atom. The molecule has 6 nitrogen and oxygen atoms in total. The van der Waals surface area contributed by atoms with Crippen molar-refractivity contribution in [3.63, 3.8) is 0 Å². The van der Waals surface area contributed by atoms with Crippen LogP contribution < -0.4 is 15.4 Å². The topological polar surface area (TPSA) is 76.7 Å². The lowest BCUT2D eigenvalue weighted by Gasteiger charge is -2.09. The van der Waals surface area contributed by atoms with Gasteiger partial charge >= 0.3 is 6.03 Å². The molecule has 0 unspecified atom stereocenters. The molecule has 2 N–H and O–H groups in total. The highest BCUT2D eigenvalue weighted by Gasteiger charge is 2.08. The van der Waals surface area contributed by atoms with Gasteiger partial charge in [-0.05, 0) is 41.5 Å². The number of nitrogens with one attached hydrogen (secondary N) is 2. The van der Waals surface area contributed by atoms with Gasteiger partial charge in [-0.15, -0.1) is 0 Å². The zero-order valence-electron chi connectivity index (χ0n) is 13.3. The van der Waals surface area contributed by atoms with Crippen LogP contribution in [0.25, 0.3) is 10.8 Å². The highest BCUT2D eigenvalue weighted by atomic mass is 79.9. The van der Waals surface area contributed by atoms with E-state index >= 15 is 0 Å². The van der Waals surface area contributed by atoms with Gasteiger partial charge in [-0.3, -0.25) is 10.1 Å². The summed E-state index contributed by atoms with van der Waals surface area (Å²) < 4.78 is 11.3. The molecular formula is C17H19BrN2O4. The van der Waals surface area contributed by atoms with Gasteiger partial charge in [0.15, 0.2) is 6.61 Å². The van der Waals surface area contributed by atoms with E-state index in [2.05, 4.69) is 26.6 Å². The van der Waals surface area contributed by atoms with Crippen molar-refractivity contribution in [1.29, 1.82) is 0 Å². The molecule has 0 aliphatic rings. The van der Waals surface area contributed by atoms with Crippen LogP contribution in [0.1, 0.15) is 6.42 Å². The summed E-state index contributed by atoms with van der Waals surface area (Å²) in [5, 5.41) is 6.85. The summed E-state index contributed by atoms with van der Waals surface area (Å²) in [6, 6.07) is 10.9.